The van der Waals surface area contributed by atoms with Crippen LogP contribution in [0.5, 0.6) is 11.5 Å². The van der Waals surface area contributed by atoms with Gasteiger partial charge in [0.15, 0.2) is 5.72 Å². The number of hydrogen-bond donors (Lipinski definition) is 0. The lowest BCUT2D eigenvalue weighted by molar-refractivity contribution is -0.310. The van der Waals surface area contributed by atoms with Crippen LogP contribution in [0.4, 0.5) is 0 Å². The highest BCUT2D eigenvalue weighted by atomic mass is 16.9. The van der Waals surface area contributed by atoms with Crippen LogP contribution >= 0.6 is 0 Å². The van der Waals surface area contributed by atoms with Crippen molar-refractivity contribution in [2.24, 2.45) is 10.2 Å². The van der Waals surface area contributed by atoms with Crippen LogP contribution in [0.15, 0.2) is 64.8 Å². The first kappa shape index (κ1) is 14.5. The van der Waals surface area contributed by atoms with Crippen molar-refractivity contribution in [1.29, 1.82) is 0 Å². The molecule has 0 N–H and O–H groups in total. The Labute approximate surface area is 129 Å². The van der Waals surface area contributed by atoms with E-state index in [-0.39, 0.29) is 0 Å². The molecule has 0 bridgehead atoms. The molecule has 0 saturated heterocycles. The van der Waals surface area contributed by atoms with E-state index in [0.717, 1.165) is 5.56 Å². The first-order chi connectivity index (χ1) is 10.5. The van der Waals surface area contributed by atoms with Crippen LogP contribution in [-0.2, 0) is 4.74 Å². The molecule has 2 aromatic carbocycles. The number of azo groups is 1. The smallest absolute Gasteiger partial charge is 0.410 e. The van der Waals surface area contributed by atoms with Crippen LogP contribution in [0.25, 0.3) is 0 Å². The zero-order chi connectivity index (χ0) is 15.6. The third-order valence-electron chi connectivity index (χ3n) is 3.05. The van der Waals surface area contributed by atoms with E-state index in [1.165, 1.54) is 0 Å². The van der Waals surface area contributed by atoms with E-state index >= 15 is 0 Å². The summed E-state index contributed by atoms with van der Waals surface area (Å²) in [7, 11) is 0. The molecular formula is C17H18N2O3. The van der Waals surface area contributed by atoms with Crippen LogP contribution in [0.1, 0.15) is 19.4 Å². The Kier molecular flexibility index (Phi) is 3.58. The molecule has 0 spiro atoms. The molecule has 1 unspecified atom stereocenters. The van der Waals surface area contributed by atoms with Crippen molar-refractivity contribution in [3.63, 3.8) is 0 Å². The Bertz CT molecular complexity index is 668. The molecule has 0 saturated carbocycles. The highest BCUT2D eigenvalue weighted by Gasteiger charge is 2.49. The minimum Gasteiger partial charge on any atom is -0.410 e. The molecule has 1 aliphatic rings. The number of hydrogen-bond acceptors (Lipinski definition) is 5. The van der Waals surface area contributed by atoms with E-state index in [2.05, 4.69) is 10.2 Å². The van der Waals surface area contributed by atoms with Gasteiger partial charge in [-0.3, -0.25) is 4.74 Å². The van der Waals surface area contributed by atoms with Crippen molar-refractivity contribution < 1.29 is 14.2 Å². The van der Waals surface area contributed by atoms with E-state index < -0.39 is 11.8 Å². The Balaban J connectivity index is 1.87. The van der Waals surface area contributed by atoms with E-state index in [4.69, 9.17) is 14.2 Å². The molecule has 0 radical (unpaired) electrons. The van der Waals surface area contributed by atoms with Crippen LogP contribution in [0.3, 0.4) is 0 Å². The summed E-state index contributed by atoms with van der Waals surface area (Å²) in [5.41, 5.74) is 0.333. The molecule has 0 aromatic heterocycles. The minimum atomic E-state index is -1.61. The van der Waals surface area contributed by atoms with Gasteiger partial charge in [-0.25, -0.2) is 0 Å². The van der Waals surface area contributed by atoms with Gasteiger partial charge < -0.3 is 9.47 Å². The summed E-state index contributed by atoms with van der Waals surface area (Å²) in [6, 6.07) is 16.8. The quantitative estimate of drug-likeness (QED) is 0.791. The van der Waals surface area contributed by atoms with Crippen molar-refractivity contribution in [2.45, 2.75) is 32.6 Å². The third kappa shape index (κ3) is 3.26. The van der Waals surface area contributed by atoms with Crippen LogP contribution in [-0.4, -0.2) is 11.8 Å². The topological polar surface area (TPSA) is 52.4 Å². The predicted molar refractivity (Wildman–Crippen MR) is 81.6 cm³/mol. The summed E-state index contributed by atoms with van der Waals surface area (Å²) in [6.07, 6.45) is -1.61. The zero-order valence-corrected chi connectivity index (χ0v) is 12.8. The fraction of sp³-hybridized carbons (Fsp3) is 0.294. The summed E-state index contributed by atoms with van der Waals surface area (Å²) in [6.45, 7) is 5.60. The van der Waals surface area contributed by atoms with E-state index in [1.807, 2.05) is 61.5 Å². The maximum atomic E-state index is 5.85. The second-order valence-electron chi connectivity index (χ2n) is 5.60. The molecule has 2 aromatic rings. The first-order valence-corrected chi connectivity index (χ1v) is 7.10. The van der Waals surface area contributed by atoms with Gasteiger partial charge >= 0.3 is 6.10 Å². The molecule has 5 nitrogen and oxygen atoms in total. The minimum absolute atomic E-state index is 0.589. The maximum absolute atomic E-state index is 5.85. The fourth-order valence-corrected chi connectivity index (χ4v) is 2.03. The summed E-state index contributed by atoms with van der Waals surface area (Å²) in [5, 5.41) is 8.18. The largest absolute Gasteiger partial charge is 0.510 e. The molecule has 3 rings (SSSR count). The Morgan fingerprint density at radius 2 is 1.41 bits per heavy atom. The molecule has 0 amide bonds. The normalized spacial score (nSPS) is 22.5. The monoisotopic (exact) mass is 298 g/mol. The van der Waals surface area contributed by atoms with Gasteiger partial charge in [0.05, 0.1) is 0 Å². The molecule has 114 valence electrons. The lowest BCUT2D eigenvalue weighted by Crippen LogP contribution is -2.44. The van der Waals surface area contributed by atoms with Gasteiger partial charge in [0, 0.05) is 0 Å². The Hall–Kier alpha value is -2.40. The number of aryl methyl sites for hydroxylation is 1. The molecule has 1 heterocycles. The summed E-state index contributed by atoms with van der Waals surface area (Å²) >= 11 is 0. The Morgan fingerprint density at radius 3 is 1.95 bits per heavy atom. The van der Waals surface area contributed by atoms with Crippen LogP contribution in [0.2, 0.25) is 0 Å². The number of benzene rings is 2. The van der Waals surface area contributed by atoms with Gasteiger partial charge in [-0.15, -0.1) is 5.11 Å². The standard InChI is InChI=1S/C17H18N2O3/c1-13-9-11-15(12-10-13)21-17(19-18-16(2,3)22-17)20-14-7-5-4-6-8-14/h4-12H,1-3H3. The number of nitrogens with zero attached hydrogens (tertiary/aromatic N) is 2. The van der Waals surface area contributed by atoms with Crippen molar-refractivity contribution in [1.82, 2.24) is 0 Å². The molecular weight excluding hydrogens is 280 g/mol. The summed E-state index contributed by atoms with van der Waals surface area (Å²) in [4.78, 5) is 0. The van der Waals surface area contributed by atoms with Crippen LogP contribution in [0, 0.1) is 6.92 Å². The summed E-state index contributed by atoms with van der Waals surface area (Å²) in [5.74, 6) is 1.18. The van der Waals surface area contributed by atoms with Gasteiger partial charge in [-0.1, -0.05) is 41.0 Å². The van der Waals surface area contributed by atoms with Gasteiger partial charge in [0.25, 0.3) is 0 Å². The molecule has 1 aliphatic heterocycles. The third-order valence-corrected chi connectivity index (χ3v) is 3.05. The number of para-hydroxylation sites is 1. The summed E-state index contributed by atoms with van der Waals surface area (Å²) < 4.78 is 17.5. The fourth-order valence-electron chi connectivity index (χ4n) is 2.03. The van der Waals surface area contributed by atoms with E-state index in [1.54, 1.807) is 13.8 Å². The van der Waals surface area contributed by atoms with Crippen molar-refractivity contribution in [3.05, 3.63) is 60.2 Å². The molecule has 5 heteroatoms. The first-order valence-electron chi connectivity index (χ1n) is 7.10. The average molecular weight is 298 g/mol. The molecule has 0 aliphatic carbocycles. The van der Waals surface area contributed by atoms with Crippen molar-refractivity contribution in [3.8, 4) is 11.5 Å². The molecule has 22 heavy (non-hydrogen) atoms. The number of rotatable bonds is 4. The van der Waals surface area contributed by atoms with Crippen LogP contribution < -0.4 is 9.47 Å². The van der Waals surface area contributed by atoms with Gasteiger partial charge in [-0.2, -0.15) is 0 Å². The molecule has 0 fully saturated rings. The maximum Gasteiger partial charge on any atom is 0.510 e. The van der Waals surface area contributed by atoms with E-state index in [0.29, 0.717) is 11.5 Å². The highest BCUT2D eigenvalue weighted by Crippen LogP contribution is 2.35. The average Bonchev–Trinajstić information content (AvgIpc) is 2.78. The second-order valence-corrected chi connectivity index (χ2v) is 5.60. The van der Waals surface area contributed by atoms with E-state index in [9.17, 15) is 0 Å². The van der Waals surface area contributed by atoms with Crippen molar-refractivity contribution in [2.75, 3.05) is 0 Å². The predicted octanol–water partition coefficient (Wildman–Crippen LogP) is 4.28. The van der Waals surface area contributed by atoms with Gasteiger partial charge in [0.1, 0.15) is 11.5 Å². The Morgan fingerprint density at radius 1 is 0.818 bits per heavy atom. The van der Waals surface area contributed by atoms with Crippen molar-refractivity contribution >= 4 is 0 Å². The number of ether oxygens (including phenoxy) is 3. The van der Waals surface area contributed by atoms with Gasteiger partial charge in [-0.05, 0) is 45.0 Å². The molecule has 1 atom stereocenters. The SMILES string of the molecule is Cc1ccc(OC2(Oc3ccccc3)N=NC(C)(C)O2)cc1. The highest BCUT2D eigenvalue weighted by molar-refractivity contribution is 5.27. The second kappa shape index (κ2) is 5.42. The van der Waals surface area contributed by atoms with Gasteiger partial charge in [0.2, 0.25) is 0 Å². The zero-order valence-electron chi connectivity index (χ0n) is 12.8. The lowest BCUT2D eigenvalue weighted by Gasteiger charge is -2.27. The lowest BCUT2D eigenvalue weighted by atomic mass is 10.2.